The monoisotopic (exact) mass is 417 g/mol. The van der Waals surface area contributed by atoms with Gasteiger partial charge < -0.3 is 10.3 Å². The van der Waals surface area contributed by atoms with Gasteiger partial charge in [-0.25, -0.2) is 4.98 Å². The van der Waals surface area contributed by atoms with Crippen molar-refractivity contribution in [3.8, 4) is 0 Å². The van der Waals surface area contributed by atoms with Gasteiger partial charge in [-0.15, -0.1) is 23.1 Å². The van der Waals surface area contributed by atoms with Gasteiger partial charge >= 0.3 is 0 Å². The predicted molar refractivity (Wildman–Crippen MR) is 114 cm³/mol. The fraction of sp³-hybridized carbons (Fsp3) is 0.474. The maximum Gasteiger partial charge on any atom is 0.259 e. The van der Waals surface area contributed by atoms with E-state index in [-0.39, 0.29) is 17.2 Å². The molecule has 0 bridgehead atoms. The summed E-state index contributed by atoms with van der Waals surface area (Å²) in [4.78, 5) is 34.4. The van der Waals surface area contributed by atoms with E-state index in [1.54, 1.807) is 16.0 Å². The molecule has 4 rings (SSSR count). The number of aromatic nitrogens is 4. The Hall–Kier alpha value is -2.13. The van der Waals surface area contributed by atoms with Crippen LogP contribution in [0.1, 0.15) is 41.7 Å². The summed E-state index contributed by atoms with van der Waals surface area (Å²) in [5, 5.41) is 7.97. The smallest absolute Gasteiger partial charge is 0.259 e. The predicted octanol–water partition coefficient (Wildman–Crippen LogP) is 3.03. The number of nitrogens with one attached hydrogen (secondary N) is 2. The van der Waals surface area contributed by atoms with Crippen LogP contribution in [0.15, 0.2) is 10.9 Å². The molecule has 2 N–H and O–H groups in total. The molecule has 0 saturated heterocycles. The van der Waals surface area contributed by atoms with Crippen molar-refractivity contribution in [2.75, 3.05) is 11.1 Å². The van der Waals surface area contributed by atoms with Gasteiger partial charge in [0.15, 0.2) is 0 Å². The Balaban J connectivity index is 1.39. The molecule has 1 amide bonds. The normalized spacial score (nSPS) is 13.6. The number of thioether (sulfide) groups is 1. The van der Waals surface area contributed by atoms with Crippen LogP contribution < -0.4 is 10.9 Å². The highest BCUT2D eigenvalue weighted by Gasteiger charge is 2.19. The van der Waals surface area contributed by atoms with Crippen LogP contribution in [0, 0.1) is 0 Å². The van der Waals surface area contributed by atoms with E-state index in [1.807, 2.05) is 20.0 Å². The van der Waals surface area contributed by atoms with E-state index in [0.29, 0.717) is 17.4 Å². The van der Waals surface area contributed by atoms with Crippen molar-refractivity contribution >= 4 is 45.0 Å². The van der Waals surface area contributed by atoms with Crippen LogP contribution in [0.2, 0.25) is 0 Å². The minimum absolute atomic E-state index is 0.0496. The third kappa shape index (κ3) is 3.86. The van der Waals surface area contributed by atoms with Gasteiger partial charge in [-0.2, -0.15) is 5.10 Å². The summed E-state index contributed by atoms with van der Waals surface area (Å²) in [6, 6.07) is 1.88. The average molecular weight is 418 g/mol. The number of rotatable bonds is 6. The van der Waals surface area contributed by atoms with Gasteiger partial charge in [0.2, 0.25) is 5.91 Å². The van der Waals surface area contributed by atoms with E-state index in [9.17, 15) is 9.59 Å². The molecule has 0 unspecified atom stereocenters. The van der Waals surface area contributed by atoms with Crippen molar-refractivity contribution in [1.29, 1.82) is 0 Å². The Labute approximate surface area is 170 Å². The van der Waals surface area contributed by atoms with Crippen LogP contribution in [0.4, 0.5) is 5.82 Å². The van der Waals surface area contributed by atoms with Gasteiger partial charge in [0.1, 0.15) is 16.5 Å². The van der Waals surface area contributed by atoms with Gasteiger partial charge in [-0.3, -0.25) is 14.3 Å². The number of anilines is 1. The van der Waals surface area contributed by atoms with Crippen LogP contribution >= 0.6 is 23.1 Å². The fourth-order valence-corrected chi connectivity index (χ4v) is 5.48. The van der Waals surface area contributed by atoms with Crippen molar-refractivity contribution < 1.29 is 4.79 Å². The number of thiophene rings is 1. The molecule has 0 aromatic carbocycles. The molecular weight excluding hydrogens is 394 g/mol. The molecule has 0 radical (unpaired) electrons. The second kappa shape index (κ2) is 8.08. The number of amides is 1. The Morgan fingerprint density at radius 2 is 2.21 bits per heavy atom. The molecule has 9 heteroatoms. The van der Waals surface area contributed by atoms with Gasteiger partial charge in [0, 0.05) is 18.0 Å². The summed E-state index contributed by atoms with van der Waals surface area (Å²) in [6.45, 7) is 2.03. The van der Waals surface area contributed by atoms with Crippen LogP contribution in [0.25, 0.3) is 10.2 Å². The topological polar surface area (TPSA) is 92.7 Å². The van der Waals surface area contributed by atoms with E-state index >= 15 is 0 Å². The van der Waals surface area contributed by atoms with Gasteiger partial charge in [0.25, 0.3) is 5.56 Å². The number of aryl methyl sites for hydroxylation is 4. The molecule has 0 atom stereocenters. The van der Waals surface area contributed by atoms with E-state index in [4.69, 9.17) is 0 Å². The largest absolute Gasteiger partial charge is 0.310 e. The van der Waals surface area contributed by atoms with Crippen LogP contribution in [-0.2, 0) is 36.9 Å². The van der Waals surface area contributed by atoms with Crippen LogP contribution in [0.5, 0.6) is 0 Å². The molecule has 28 heavy (non-hydrogen) atoms. The number of carbonyl (C=O) groups excluding carboxylic acids is 1. The number of nitrogens with zero attached hydrogens (tertiary/aromatic N) is 3. The van der Waals surface area contributed by atoms with Gasteiger partial charge in [-0.1, -0.05) is 6.92 Å². The first-order chi connectivity index (χ1) is 13.5. The zero-order valence-corrected chi connectivity index (χ0v) is 17.6. The molecule has 3 aromatic rings. The summed E-state index contributed by atoms with van der Waals surface area (Å²) < 4.78 is 1.67. The lowest BCUT2D eigenvalue weighted by Crippen LogP contribution is -2.17. The van der Waals surface area contributed by atoms with E-state index in [0.717, 1.165) is 41.6 Å². The van der Waals surface area contributed by atoms with Crippen LogP contribution in [-0.4, -0.2) is 31.4 Å². The summed E-state index contributed by atoms with van der Waals surface area (Å²) in [5.41, 5.74) is 2.09. The number of hydrogen-bond acceptors (Lipinski definition) is 6. The fourth-order valence-electron chi connectivity index (χ4n) is 3.51. The Morgan fingerprint density at radius 3 is 3.00 bits per heavy atom. The van der Waals surface area contributed by atoms with Gasteiger partial charge in [-0.05, 0) is 37.7 Å². The molecule has 0 saturated carbocycles. The number of aromatic amines is 1. The number of carbonyl (C=O) groups is 1. The van der Waals surface area contributed by atoms with E-state index < -0.39 is 0 Å². The second-order valence-electron chi connectivity index (χ2n) is 6.94. The summed E-state index contributed by atoms with van der Waals surface area (Å²) in [5.74, 6) is 2.01. The quantitative estimate of drug-likeness (QED) is 0.643. The second-order valence-corrected chi connectivity index (χ2v) is 9.01. The van der Waals surface area contributed by atoms with E-state index in [1.165, 1.54) is 28.6 Å². The first-order valence-corrected chi connectivity index (χ1v) is 11.5. The standard InChI is InChI=1S/C19H23N5O2S2/c1-3-11-8-15(24(2)23-11)22-16(25)10-27-9-14-20-18(26)17-12-6-4-5-7-13(12)28-19(17)21-14/h8H,3-7,9-10H2,1-2H3,(H,22,25)(H,20,21,26). The highest BCUT2D eigenvalue weighted by atomic mass is 32.2. The molecule has 0 aliphatic heterocycles. The molecule has 3 heterocycles. The van der Waals surface area contributed by atoms with Crippen molar-refractivity contribution in [2.45, 2.75) is 44.8 Å². The van der Waals surface area contributed by atoms with Gasteiger partial charge in [0.05, 0.1) is 22.6 Å². The first kappa shape index (κ1) is 19.2. The number of H-pyrrole nitrogens is 1. The molecule has 1 aliphatic carbocycles. The third-order valence-corrected chi connectivity index (χ3v) is 7.04. The summed E-state index contributed by atoms with van der Waals surface area (Å²) in [7, 11) is 1.81. The molecule has 7 nitrogen and oxygen atoms in total. The molecule has 0 spiro atoms. The molecule has 0 fully saturated rings. The van der Waals surface area contributed by atoms with E-state index in [2.05, 4.69) is 20.4 Å². The third-order valence-electron chi connectivity index (χ3n) is 4.91. The van der Waals surface area contributed by atoms with Crippen molar-refractivity contribution in [3.63, 3.8) is 0 Å². The minimum atomic E-state index is -0.0920. The highest BCUT2D eigenvalue weighted by molar-refractivity contribution is 7.99. The zero-order valence-electron chi connectivity index (χ0n) is 16.0. The highest BCUT2D eigenvalue weighted by Crippen LogP contribution is 2.33. The van der Waals surface area contributed by atoms with Crippen molar-refractivity contribution in [2.24, 2.45) is 7.05 Å². The van der Waals surface area contributed by atoms with Crippen LogP contribution in [0.3, 0.4) is 0 Å². The zero-order chi connectivity index (χ0) is 19.7. The Bertz CT molecular complexity index is 1080. The van der Waals surface area contributed by atoms with Crippen molar-refractivity contribution in [3.05, 3.63) is 38.4 Å². The molecule has 148 valence electrons. The lowest BCUT2D eigenvalue weighted by molar-refractivity contribution is -0.113. The Morgan fingerprint density at radius 1 is 1.39 bits per heavy atom. The molecule has 1 aliphatic rings. The summed E-state index contributed by atoms with van der Waals surface area (Å²) >= 11 is 3.08. The SMILES string of the molecule is CCc1cc(NC(=O)CSCc2nc3sc4c(c3c(=O)[nH]2)CCCC4)n(C)n1. The molecule has 3 aromatic heterocycles. The lowest BCUT2D eigenvalue weighted by Gasteiger charge is -2.09. The average Bonchev–Trinajstić information content (AvgIpc) is 3.22. The maximum atomic E-state index is 12.6. The number of fused-ring (bicyclic) bond motifs is 3. The molecular formula is C19H23N5O2S2. The number of hydrogen-bond donors (Lipinski definition) is 2. The maximum absolute atomic E-state index is 12.6. The van der Waals surface area contributed by atoms with Crippen molar-refractivity contribution in [1.82, 2.24) is 19.7 Å². The minimum Gasteiger partial charge on any atom is -0.310 e. The lowest BCUT2D eigenvalue weighted by atomic mass is 9.97. The Kier molecular flexibility index (Phi) is 5.54. The summed E-state index contributed by atoms with van der Waals surface area (Å²) in [6.07, 6.45) is 5.18. The first-order valence-electron chi connectivity index (χ1n) is 9.49.